The Hall–Kier alpha value is -1.98. The van der Waals surface area contributed by atoms with Crippen LogP contribution in [0.1, 0.15) is 56.3 Å². The first kappa shape index (κ1) is 19.8. The largest absolute Gasteiger partial charge is 0.337 e. The molecule has 1 amide bonds. The van der Waals surface area contributed by atoms with Crippen LogP contribution in [0.5, 0.6) is 0 Å². The van der Waals surface area contributed by atoms with Crippen LogP contribution in [0.15, 0.2) is 22.9 Å². The number of carbonyl (C=O) groups excluding carboxylic acids is 2. The van der Waals surface area contributed by atoms with Crippen LogP contribution in [0.3, 0.4) is 0 Å². The molecule has 0 aliphatic carbocycles. The minimum absolute atomic E-state index is 0.134. The number of carbonyl (C=O) groups is 2. The maximum absolute atomic E-state index is 12.6. The standard InChI is InChI=1S/C22H28N2O2S/c1-15-12-16(2)21(18(4)25)17(3)20(15)13-23-7-5-8-24(10-9-23)22(26)19-6-11-27-14-19/h6,11-12,14H,5,7-10,13H2,1-4H3. The van der Waals surface area contributed by atoms with Gasteiger partial charge in [-0.15, -0.1) is 0 Å². The molecule has 0 spiro atoms. The van der Waals surface area contributed by atoms with Gasteiger partial charge in [0.1, 0.15) is 0 Å². The minimum atomic E-state index is 0.134. The van der Waals surface area contributed by atoms with E-state index in [1.807, 2.05) is 28.7 Å². The summed E-state index contributed by atoms with van der Waals surface area (Å²) in [5.41, 5.74) is 6.32. The molecule has 0 unspecified atom stereocenters. The van der Waals surface area contributed by atoms with Crippen molar-refractivity contribution in [3.05, 3.63) is 56.3 Å². The lowest BCUT2D eigenvalue weighted by molar-refractivity contribution is 0.0761. The first-order valence-corrected chi connectivity index (χ1v) is 10.5. The lowest BCUT2D eigenvalue weighted by Gasteiger charge is -2.24. The van der Waals surface area contributed by atoms with Crippen molar-refractivity contribution in [2.75, 3.05) is 26.2 Å². The molecule has 1 aliphatic heterocycles. The van der Waals surface area contributed by atoms with Gasteiger partial charge < -0.3 is 4.90 Å². The Bertz CT molecular complexity index is 842. The average molecular weight is 385 g/mol. The summed E-state index contributed by atoms with van der Waals surface area (Å²) in [5, 5.41) is 3.88. The van der Waals surface area contributed by atoms with E-state index >= 15 is 0 Å². The smallest absolute Gasteiger partial charge is 0.254 e. The van der Waals surface area contributed by atoms with Gasteiger partial charge in [-0.25, -0.2) is 0 Å². The van der Waals surface area contributed by atoms with Crippen molar-refractivity contribution >= 4 is 23.0 Å². The van der Waals surface area contributed by atoms with Gasteiger partial charge in [-0.1, -0.05) is 6.07 Å². The van der Waals surface area contributed by atoms with E-state index in [0.717, 1.165) is 61.4 Å². The van der Waals surface area contributed by atoms with Gasteiger partial charge in [-0.05, 0) is 67.8 Å². The molecule has 2 aromatic rings. The Morgan fingerprint density at radius 3 is 2.52 bits per heavy atom. The third-order valence-electron chi connectivity index (χ3n) is 5.51. The van der Waals surface area contributed by atoms with Crippen molar-refractivity contribution in [1.29, 1.82) is 0 Å². The molecule has 0 N–H and O–H groups in total. The predicted octanol–water partition coefficient (Wildman–Crippen LogP) is 4.22. The number of thiophene rings is 1. The second-order valence-corrected chi connectivity index (χ2v) is 8.26. The Kier molecular flexibility index (Phi) is 6.12. The third kappa shape index (κ3) is 4.30. The number of aryl methyl sites for hydroxylation is 2. The van der Waals surface area contributed by atoms with E-state index in [0.29, 0.717) is 0 Å². The topological polar surface area (TPSA) is 40.6 Å². The van der Waals surface area contributed by atoms with Crippen molar-refractivity contribution in [2.24, 2.45) is 0 Å². The van der Waals surface area contributed by atoms with Crippen LogP contribution in [0, 0.1) is 20.8 Å². The van der Waals surface area contributed by atoms with Crippen LogP contribution >= 0.6 is 11.3 Å². The minimum Gasteiger partial charge on any atom is -0.337 e. The van der Waals surface area contributed by atoms with E-state index in [2.05, 4.69) is 24.8 Å². The lowest BCUT2D eigenvalue weighted by atomic mass is 9.91. The Labute approximate surface area is 165 Å². The Balaban J connectivity index is 1.73. The zero-order valence-electron chi connectivity index (χ0n) is 16.7. The summed E-state index contributed by atoms with van der Waals surface area (Å²) in [6.45, 7) is 12.1. The van der Waals surface area contributed by atoms with Gasteiger partial charge in [-0.3, -0.25) is 14.5 Å². The molecule has 1 fully saturated rings. The number of nitrogens with zero attached hydrogens (tertiary/aromatic N) is 2. The van der Waals surface area contributed by atoms with Gasteiger partial charge in [0.25, 0.3) is 5.91 Å². The highest BCUT2D eigenvalue weighted by Crippen LogP contribution is 2.25. The van der Waals surface area contributed by atoms with Gasteiger partial charge in [0, 0.05) is 43.7 Å². The number of benzene rings is 1. The summed E-state index contributed by atoms with van der Waals surface area (Å²) < 4.78 is 0. The quantitative estimate of drug-likeness (QED) is 0.741. The molecule has 1 aliphatic rings. The van der Waals surface area contributed by atoms with Crippen molar-refractivity contribution in [3.8, 4) is 0 Å². The molecule has 5 heteroatoms. The zero-order valence-corrected chi connectivity index (χ0v) is 17.5. The highest BCUT2D eigenvalue weighted by atomic mass is 32.1. The van der Waals surface area contributed by atoms with E-state index in [1.54, 1.807) is 18.3 Å². The van der Waals surface area contributed by atoms with Gasteiger partial charge >= 0.3 is 0 Å². The number of ketones is 1. The molecule has 2 heterocycles. The summed E-state index contributed by atoms with van der Waals surface area (Å²) >= 11 is 1.56. The van der Waals surface area contributed by atoms with Crippen LogP contribution in [-0.2, 0) is 6.54 Å². The normalized spacial score (nSPS) is 15.6. The first-order chi connectivity index (χ1) is 12.9. The molecule has 4 nitrogen and oxygen atoms in total. The molecular weight excluding hydrogens is 356 g/mol. The SMILES string of the molecule is CC(=O)c1c(C)cc(C)c(CN2CCCN(C(=O)c3ccsc3)CC2)c1C. The highest BCUT2D eigenvalue weighted by Gasteiger charge is 2.22. The first-order valence-electron chi connectivity index (χ1n) is 9.53. The molecule has 0 radical (unpaired) electrons. The molecular formula is C22H28N2O2S. The van der Waals surface area contributed by atoms with Gasteiger partial charge in [-0.2, -0.15) is 11.3 Å². The van der Waals surface area contributed by atoms with Crippen LogP contribution in [-0.4, -0.2) is 47.7 Å². The summed E-state index contributed by atoms with van der Waals surface area (Å²) in [6, 6.07) is 4.03. The van der Waals surface area contributed by atoms with Gasteiger partial charge in [0.2, 0.25) is 0 Å². The van der Waals surface area contributed by atoms with Crippen LogP contribution < -0.4 is 0 Å². The lowest BCUT2D eigenvalue weighted by Crippen LogP contribution is -2.35. The number of rotatable bonds is 4. The van der Waals surface area contributed by atoms with Crippen LogP contribution in [0.4, 0.5) is 0 Å². The second-order valence-electron chi connectivity index (χ2n) is 7.48. The van der Waals surface area contributed by atoms with Crippen molar-refractivity contribution in [2.45, 2.75) is 40.7 Å². The molecule has 1 aromatic carbocycles. The maximum atomic E-state index is 12.6. The summed E-state index contributed by atoms with van der Waals surface area (Å²) in [7, 11) is 0. The fourth-order valence-corrected chi connectivity index (χ4v) is 4.77. The predicted molar refractivity (Wildman–Crippen MR) is 111 cm³/mol. The van der Waals surface area contributed by atoms with Crippen molar-refractivity contribution < 1.29 is 9.59 Å². The average Bonchev–Trinajstić information content (AvgIpc) is 3.04. The third-order valence-corrected chi connectivity index (χ3v) is 6.19. The molecule has 1 saturated heterocycles. The summed E-state index contributed by atoms with van der Waals surface area (Å²) in [6.07, 6.45) is 0.972. The molecule has 1 aromatic heterocycles. The number of Topliss-reactive ketones (excluding diaryl/α,β-unsaturated/α-hetero) is 1. The van der Waals surface area contributed by atoms with E-state index in [9.17, 15) is 9.59 Å². The maximum Gasteiger partial charge on any atom is 0.254 e. The Morgan fingerprint density at radius 2 is 1.85 bits per heavy atom. The molecule has 0 saturated carbocycles. The molecule has 0 bridgehead atoms. The van der Waals surface area contributed by atoms with Crippen LogP contribution in [0.25, 0.3) is 0 Å². The van der Waals surface area contributed by atoms with Crippen molar-refractivity contribution in [3.63, 3.8) is 0 Å². The molecule has 27 heavy (non-hydrogen) atoms. The van der Waals surface area contributed by atoms with Gasteiger partial charge in [0.05, 0.1) is 5.56 Å². The molecule has 3 rings (SSSR count). The van der Waals surface area contributed by atoms with Crippen LogP contribution in [0.2, 0.25) is 0 Å². The summed E-state index contributed by atoms with van der Waals surface area (Å²) in [4.78, 5) is 29.1. The number of hydrogen-bond donors (Lipinski definition) is 0. The monoisotopic (exact) mass is 384 g/mol. The van der Waals surface area contributed by atoms with E-state index < -0.39 is 0 Å². The fourth-order valence-electron chi connectivity index (χ4n) is 4.14. The number of hydrogen-bond acceptors (Lipinski definition) is 4. The summed E-state index contributed by atoms with van der Waals surface area (Å²) in [5.74, 6) is 0.273. The highest BCUT2D eigenvalue weighted by molar-refractivity contribution is 7.08. The second kappa shape index (κ2) is 8.36. The number of amides is 1. The van der Waals surface area contributed by atoms with E-state index in [-0.39, 0.29) is 11.7 Å². The van der Waals surface area contributed by atoms with Gasteiger partial charge in [0.15, 0.2) is 5.78 Å². The molecule has 0 atom stereocenters. The van der Waals surface area contributed by atoms with E-state index in [4.69, 9.17) is 0 Å². The zero-order chi connectivity index (χ0) is 19.6. The Morgan fingerprint density at radius 1 is 1.07 bits per heavy atom. The fraction of sp³-hybridized carbons (Fsp3) is 0.455. The van der Waals surface area contributed by atoms with E-state index in [1.165, 1.54) is 11.1 Å². The molecule has 144 valence electrons. The van der Waals surface area contributed by atoms with Crippen molar-refractivity contribution in [1.82, 2.24) is 9.80 Å².